The number of anilines is 1. The van der Waals surface area contributed by atoms with Crippen LogP contribution in [-0.2, 0) is 16.0 Å². The Morgan fingerprint density at radius 3 is 2.83 bits per heavy atom. The van der Waals surface area contributed by atoms with Gasteiger partial charge in [0.15, 0.2) is 5.78 Å². The minimum absolute atomic E-state index is 0.0135. The van der Waals surface area contributed by atoms with Crippen LogP contribution in [-0.4, -0.2) is 17.7 Å². The molecule has 0 saturated carbocycles. The second kappa shape index (κ2) is 4.88. The molecule has 0 spiro atoms. The normalized spacial score (nSPS) is 16.4. The van der Waals surface area contributed by atoms with Crippen molar-refractivity contribution in [3.63, 3.8) is 0 Å². The van der Waals surface area contributed by atoms with E-state index < -0.39 is 6.04 Å². The minimum Gasteiger partial charge on any atom is -0.302 e. The molecule has 4 heteroatoms. The summed E-state index contributed by atoms with van der Waals surface area (Å²) in [6.07, 6.45) is 1.35. The Morgan fingerprint density at radius 1 is 1.44 bits per heavy atom. The zero-order valence-corrected chi connectivity index (χ0v) is 10.6. The van der Waals surface area contributed by atoms with Crippen molar-refractivity contribution in [1.82, 2.24) is 0 Å². The number of aryl methyl sites for hydroxylation is 1. The van der Waals surface area contributed by atoms with Crippen LogP contribution in [0.5, 0.6) is 0 Å². The third-order valence-corrected chi connectivity index (χ3v) is 3.39. The highest BCUT2D eigenvalue weighted by Gasteiger charge is 2.31. The first-order valence-corrected chi connectivity index (χ1v) is 6.17. The van der Waals surface area contributed by atoms with Gasteiger partial charge in [-0.05, 0) is 31.0 Å². The lowest BCUT2D eigenvalue weighted by molar-refractivity contribution is -0.124. The molecule has 0 radical (unpaired) electrons. The van der Waals surface area contributed by atoms with Gasteiger partial charge in [0.1, 0.15) is 5.82 Å². The summed E-state index contributed by atoms with van der Waals surface area (Å²) in [7, 11) is 0. The summed E-state index contributed by atoms with van der Waals surface area (Å²) < 4.78 is 13.3. The fourth-order valence-electron chi connectivity index (χ4n) is 2.33. The van der Waals surface area contributed by atoms with E-state index in [1.54, 1.807) is 19.9 Å². The Balaban J connectivity index is 2.44. The van der Waals surface area contributed by atoms with Gasteiger partial charge in [0.2, 0.25) is 5.91 Å². The van der Waals surface area contributed by atoms with Crippen molar-refractivity contribution in [2.45, 2.75) is 39.2 Å². The lowest BCUT2D eigenvalue weighted by Crippen LogP contribution is -2.45. The van der Waals surface area contributed by atoms with Crippen molar-refractivity contribution in [2.75, 3.05) is 4.90 Å². The maximum absolute atomic E-state index is 13.3. The van der Waals surface area contributed by atoms with E-state index in [1.165, 1.54) is 17.0 Å². The highest BCUT2D eigenvalue weighted by atomic mass is 19.1. The molecule has 1 aliphatic heterocycles. The summed E-state index contributed by atoms with van der Waals surface area (Å²) in [5.74, 6) is -0.507. The lowest BCUT2D eigenvalue weighted by atomic mass is 9.98. The lowest BCUT2D eigenvalue weighted by Gasteiger charge is -2.33. The smallest absolute Gasteiger partial charge is 0.227 e. The van der Waals surface area contributed by atoms with Crippen LogP contribution in [0, 0.1) is 5.82 Å². The van der Waals surface area contributed by atoms with Crippen LogP contribution in [0.25, 0.3) is 0 Å². The molecule has 3 nitrogen and oxygen atoms in total. The molecule has 1 heterocycles. The summed E-state index contributed by atoms with van der Waals surface area (Å²) in [6, 6.07) is 3.89. The number of fused-ring (bicyclic) bond motifs is 1. The van der Waals surface area contributed by atoms with Gasteiger partial charge >= 0.3 is 0 Å². The van der Waals surface area contributed by atoms with E-state index in [4.69, 9.17) is 0 Å². The Hall–Kier alpha value is -1.71. The molecule has 1 atom stereocenters. The highest BCUT2D eigenvalue weighted by molar-refractivity contribution is 6.03. The van der Waals surface area contributed by atoms with E-state index in [0.29, 0.717) is 24.9 Å². The largest absolute Gasteiger partial charge is 0.302 e. The van der Waals surface area contributed by atoms with Crippen LogP contribution in [0.2, 0.25) is 0 Å². The number of hydrogen-bond donors (Lipinski definition) is 0. The van der Waals surface area contributed by atoms with Gasteiger partial charge in [0, 0.05) is 12.8 Å². The number of Topliss-reactive ketones (excluding diaryl/α,β-unsaturated/α-hetero) is 1. The molecule has 1 aromatic carbocycles. The van der Waals surface area contributed by atoms with E-state index in [1.807, 2.05) is 0 Å². The molecule has 0 saturated heterocycles. The van der Waals surface area contributed by atoms with Crippen LogP contribution in [0.1, 0.15) is 32.3 Å². The van der Waals surface area contributed by atoms with E-state index in [9.17, 15) is 14.0 Å². The van der Waals surface area contributed by atoms with Crippen LogP contribution in [0.4, 0.5) is 10.1 Å². The summed E-state index contributed by atoms with van der Waals surface area (Å²) >= 11 is 0. The predicted octanol–water partition coefficient (Wildman–Crippen LogP) is 2.47. The predicted molar refractivity (Wildman–Crippen MR) is 67.0 cm³/mol. The minimum atomic E-state index is -0.525. The van der Waals surface area contributed by atoms with E-state index in [-0.39, 0.29) is 17.5 Å². The standard InChI is InChI=1S/C14H16FNO2/c1-3-13(17)9(2)16-12-8-11(15)6-4-10(12)5-7-14(16)18/h4,6,8-9H,3,5,7H2,1-2H3. The first kappa shape index (κ1) is 12.7. The highest BCUT2D eigenvalue weighted by Crippen LogP contribution is 2.30. The van der Waals surface area contributed by atoms with Gasteiger partial charge < -0.3 is 4.90 Å². The second-order valence-electron chi connectivity index (χ2n) is 4.53. The quantitative estimate of drug-likeness (QED) is 0.825. The Kier molecular flexibility index (Phi) is 3.45. The van der Waals surface area contributed by atoms with Gasteiger partial charge in [-0.1, -0.05) is 13.0 Å². The molecule has 0 aromatic heterocycles. The molecule has 1 aromatic rings. The molecule has 0 N–H and O–H groups in total. The van der Waals surface area contributed by atoms with Gasteiger partial charge in [0.25, 0.3) is 0 Å². The van der Waals surface area contributed by atoms with E-state index in [2.05, 4.69) is 0 Å². The number of carbonyl (C=O) groups is 2. The van der Waals surface area contributed by atoms with E-state index in [0.717, 1.165) is 5.56 Å². The molecular weight excluding hydrogens is 233 g/mol. The Bertz CT molecular complexity index is 499. The number of carbonyl (C=O) groups excluding carboxylic acids is 2. The van der Waals surface area contributed by atoms with Crippen molar-refractivity contribution in [3.05, 3.63) is 29.6 Å². The van der Waals surface area contributed by atoms with Crippen molar-refractivity contribution in [1.29, 1.82) is 0 Å². The van der Waals surface area contributed by atoms with E-state index >= 15 is 0 Å². The molecule has 18 heavy (non-hydrogen) atoms. The Morgan fingerprint density at radius 2 is 2.17 bits per heavy atom. The molecule has 0 fully saturated rings. The van der Waals surface area contributed by atoms with Gasteiger partial charge in [0.05, 0.1) is 11.7 Å². The summed E-state index contributed by atoms with van der Waals surface area (Å²) in [4.78, 5) is 25.2. The number of hydrogen-bond acceptors (Lipinski definition) is 2. The van der Waals surface area contributed by atoms with Crippen molar-refractivity contribution in [3.8, 4) is 0 Å². The average molecular weight is 249 g/mol. The summed E-state index contributed by atoms with van der Waals surface area (Å²) in [5.41, 5.74) is 1.47. The molecule has 1 aliphatic rings. The number of amides is 1. The third kappa shape index (κ3) is 2.15. The third-order valence-electron chi connectivity index (χ3n) is 3.39. The molecule has 2 rings (SSSR count). The van der Waals surface area contributed by atoms with Crippen LogP contribution < -0.4 is 4.90 Å². The number of ketones is 1. The maximum Gasteiger partial charge on any atom is 0.227 e. The SMILES string of the molecule is CCC(=O)C(C)N1C(=O)CCc2ccc(F)cc21. The molecule has 0 aliphatic carbocycles. The fraction of sp³-hybridized carbons (Fsp3) is 0.429. The summed E-state index contributed by atoms with van der Waals surface area (Å²) in [6.45, 7) is 3.46. The molecule has 1 unspecified atom stereocenters. The zero-order valence-electron chi connectivity index (χ0n) is 10.6. The number of benzene rings is 1. The van der Waals surface area contributed by atoms with Crippen LogP contribution in [0.3, 0.4) is 0 Å². The Labute approximate surface area is 106 Å². The van der Waals surface area contributed by atoms with Crippen molar-refractivity contribution in [2.24, 2.45) is 0 Å². The van der Waals surface area contributed by atoms with Crippen molar-refractivity contribution < 1.29 is 14.0 Å². The zero-order chi connectivity index (χ0) is 13.3. The van der Waals surface area contributed by atoms with Crippen LogP contribution >= 0.6 is 0 Å². The first-order valence-electron chi connectivity index (χ1n) is 6.17. The molecular formula is C14H16FNO2. The van der Waals surface area contributed by atoms with Gasteiger partial charge in [-0.25, -0.2) is 4.39 Å². The first-order chi connectivity index (χ1) is 8.54. The molecule has 1 amide bonds. The molecule has 96 valence electrons. The van der Waals surface area contributed by atoms with Crippen molar-refractivity contribution >= 4 is 17.4 Å². The monoisotopic (exact) mass is 249 g/mol. The number of rotatable bonds is 3. The van der Waals surface area contributed by atoms with Crippen LogP contribution in [0.15, 0.2) is 18.2 Å². The molecule has 0 bridgehead atoms. The topological polar surface area (TPSA) is 37.4 Å². The summed E-state index contributed by atoms with van der Waals surface area (Å²) in [5, 5.41) is 0. The number of nitrogens with zero attached hydrogens (tertiary/aromatic N) is 1. The second-order valence-corrected chi connectivity index (χ2v) is 4.53. The number of halogens is 1. The van der Waals surface area contributed by atoms with Gasteiger partial charge in [-0.2, -0.15) is 0 Å². The maximum atomic E-state index is 13.3. The van der Waals surface area contributed by atoms with Gasteiger partial charge in [-0.15, -0.1) is 0 Å². The average Bonchev–Trinajstić information content (AvgIpc) is 2.36. The fourth-order valence-corrected chi connectivity index (χ4v) is 2.33. The van der Waals surface area contributed by atoms with Gasteiger partial charge in [-0.3, -0.25) is 9.59 Å².